The normalized spacial score (nSPS) is 16.1. The van der Waals surface area contributed by atoms with Crippen molar-refractivity contribution in [3.8, 4) is 0 Å². The highest BCUT2D eigenvalue weighted by Gasteiger charge is 2.24. The molecular formula is C26H37F2N5O2. The number of fused-ring (bicyclic) bond motifs is 1. The van der Waals surface area contributed by atoms with Crippen LogP contribution in [0.1, 0.15) is 58.4 Å². The molecule has 2 amide bonds. The van der Waals surface area contributed by atoms with E-state index in [2.05, 4.69) is 23.8 Å². The average Bonchev–Trinajstić information content (AvgIpc) is 3.34. The van der Waals surface area contributed by atoms with Crippen LogP contribution in [0.2, 0.25) is 0 Å². The summed E-state index contributed by atoms with van der Waals surface area (Å²) in [6.45, 7) is 9.29. The van der Waals surface area contributed by atoms with Gasteiger partial charge in [-0.2, -0.15) is 5.10 Å². The van der Waals surface area contributed by atoms with Gasteiger partial charge in [-0.05, 0) is 50.8 Å². The molecule has 0 fully saturated rings. The van der Waals surface area contributed by atoms with Crippen molar-refractivity contribution in [2.75, 3.05) is 31.1 Å². The van der Waals surface area contributed by atoms with Crippen molar-refractivity contribution in [3.63, 3.8) is 0 Å². The van der Waals surface area contributed by atoms with Crippen molar-refractivity contribution in [1.82, 2.24) is 19.6 Å². The molecule has 9 heteroatoms. The van der Waals surface area contributed by atoms with Gasteiger partial charge in [-0.3, -0.25) is 14.3 Å². The third kappa shape index (κ3) is 7.34. The third-order valence-electron chi connectivity index (χ3n) is 6.50. The Labute approximate surface area is 206 Å². The predicted octanol–water partition coefficient (Wildman–Crippen LogP) is 4.22. The number of halogens is 2. The van der Waals surface area contributed by atoms with Crippen molar-refractivity contribution in [2.24, 2.45) is 0 Å². The molecule has 1 aliphatic heterocycles. The van der Waals surface area contributed by atoms with Gasteiger partial charge in [-0.1, -0.05) is 6.92 Å². The first-order valence-corrected chi connectivity index (χ1v) is 12.6. The van der Waals surface area contributed by atoms with E-state index in [-0.39, 0.29) is 24.8 Å². The summed E-state index contributed by atoms with van der Waals surface area (Å²) >= 11 is 0. The van der Waals surface area contributed by atoms with Crippen LogP contribution < -0.4 is 4.90 Å². The molecule has 1 aromatic carbocycles. The van der Waals surface area contributed by atoms with E-state index in [1.807, 2.05) is 12.3 Å². The molecule has 0 spiro atoms. The van der Waals surface area contributed by atoms with Crippen LogP contribution in [0.15, 0.2) is 30.6 Å². The van der Waals surface area contributed by atoms with E-state index in [0.29, 0.717) is 49.8 Å². The minimum absolute atomic E-state index is 0.0469. The van der Waals surface area contributed by atoms with Crippen LogP contribution in [0, 0.1) is 11.6 Å². The first-order valence-electron chi connectivity index (χ1n) is 12.6. The van der Waals surface area contributed by atoms with Gasteiger partial charge >= 0.3 is 0 Å². The Kier molecular flexibility index (Phi) is 9.77. The molecule has 35 heavy (non-hydrogen) atoms. The van der Waals surface area contributed by atoms with E-state index in [4.69, 9.17) is 0 Å². The summed E-state index contributed by atoms with van der Waals surface area (Å²) in [4.78, 5) is 31.7. The second-order valence-corrected chi connectivity index (χ2v) is 9.32. The van der Waals surface area contributed by atoms with Crippen LogP contribution in [0.5, 0.6) is 0 Å². The zero-order chi connectivity index (χ0) is 25.4. The Bertz CT molecular complexity index is 980. The predicted molar refractivity (Wildman–Crippen MR) is 132 cm³/mol. The number of hydrogen-bond donors (Lipinski definition) is 0. The van der Waals surface area contributed by atoms with Gasteiger partial charge in [0.1, 0.15) is 0 Å². The van der Waals surface area contributed by atoms with Gasteiger partial charge in [0, 0.05) is 76.6 Å². The quantitative estimate of drug-likeness (QED) is 0.610. The molecule has 0 N–H and O–H groups in total. The van der Waals surface area contributed by atoms with Gasteiger partial charge in [0.05, 0.1) is 5.69 Å². The molecule has 2 heterocycles. The number of rotatable bonds is 6. The highest BCUT2D eigenvalue weighted by atomic mass is 19.2. The Morgan fingerprint density at radius 1 is 1.03 bits per heavy atom. The standard InChI is InChI=1S/C26H37F2N5O2/c1-4-25(34)33-16-8-12-30(20(2)3)11-7-13-31(19-21-17-22(27)23(28)18-24(21)33)26(35)9-5-14-32-15-6-10-29-32/h6,10,15,17-18,20H,4-5,7-9,11-14,16,19H2,1-3H3. The Morgan fingerprint density at radius 3 is 2.40 bits per heavy atom. The fraction of sp³-hybridized carbons (Fsp3) is 0.577. The molecule has 3 rings (SSSR count). The summed E-state index contributed by atoms with van der Waals surface area (Å²) in [5.74, 6) is -2.17. The van der Waals surface area contributed by atoms with Crippen molar-refractivity contribution >= 4 is 17.5 Å². The lowest BCUT2D eigenvalue weighted by Gasteiger charge is -2.33. The number of carbonyl (C=O) groups excluding carboxylic acids is 2. The number of benzene rings is 1. The maximum atomic E-state index is 14.3. The molecule has 1 aromatic heterocycles. The number of nitrogens with zero attached hydrogens (tertiary/aromatic N) is 5. The second kappa shape index (κ2) is 12.8. The van der Waals surface area contributed by atoms with Crippen LogP contribution >= 0.6 is 0 Å². The summed E-state index contributed by atoms with van der Waals surface area (Å²) in [5.41, 5.74) is 0.800. The molecule has 2 aromatic rings. The van der Waals surface area contributed by atoms with Crippen LogP contribution in [-0.4, -0.2) is 63.6 Å². The highest BCUT2D eigenvalue weighted by molar-refractivity contribution is 5.94. The molecule has 1 aliphatic rings. The van der Waals surface area contributed by atoms with Gasteiger partial charge in [0.25, 0.3) is 0 Å². The van der Waals surface area contributed by atoms with Crippen LogP contribution in [0.3, 0.4) is 0 Å². The molecule has 192 valence electrons. The number of amides is 2. The van der Waals surface area contributed by atoms with E-state index in [1.165, 1.54) is 0 Å². The summed E-state index contributed by atoms with van der Waals surface area (Å²) < 4.78 is 30.4. The van der Waals surface area contributed by atoms with Gasteiger partial charge in [-0.25, -0.2) is 8.78 Å². The summed E-state index contributed by atoms with van der Waals surface area (Å²) in [7, 11) is 0. The van der Waals surface area contributed by atoms with Crippen molar-refractivity contribution in [3.05, 3.63) is 47.8 Å². The summed E-state index contributed by atoms with van der Waals surface area (Å²) in [6, 6.07) is 4.40. The van der Waals surface area contributed by atoms with E-state index in [9.17, 15) is 18.4 Å². The highest BCUT2D eigenvalue weighted by Crippen LogP contribution is 2.27. The smallest absolute Gasteiger partial charge is 0.226 e. The third-order valence-corrected chi connectivity index (χ3v) is 6.50. The zero-order valence-corrected chi connectivity index (χ0v) is 21.1. The molecule has 0 unspecified atom stereocenters. The first-order chi connectivity index (χ1) is 16.8. The zero-order valence-electron chi connectivity index (χ0n) is 21.1. The lowest BCUT2D eigenvalue weighted by molar-refractivity contribution is -0.132. The van der Waals surface area contributed by atoms with E-state index in [1.54, 1.807) is 27.6 Å². The average molecular weight is 490 g/mol. The van der Waals surface area contributed by atoms with Gasteiger partial charge in [-0.15, -0.1) is 0 Å². The number of carbonyl (C=O) groups is 2. The minimum atomic E-state index is -0.995. The molecule has 0 aliphatic carbocycles. The van der Waals surface area contributed by atoms with Crippen LogP contribution in [0.4, 0.5) is 14.5 Å². The van der Waals surface area contributed by atoms with Gasteiger partial charge in [0.15, 0.2) is 11.6 Å². The molecule has 0 bridgehead atoms. The number of hydrogen-bond acceptors (Lipinski definition) is 4. The number of aryl methyl sites for hydroxylation is 1. The van der Waals surface area contributed by atoms with E-state index in [0.717, 1.165) is 38.1 Å². The molecular weight excluding hydrogens is 452 g/mol. The fourth-order valence-corrected chi connectivity index (χ4v) is 4.53. The lowest BCUT2D eigenvalue weighted by Crippen LogP contribution is -2.40. The minimum Gasteiger partial charge on any atom is -0.338 e. The maximum absolute atomic E-state index is 14.3. The topological polar surface area (TPSA) is 61.7 Å². The van der Waals surface area contributed by atoms with Crippen molar-refractivity contribution in [1.29, 1.82) is 0 Å². The molecule has 0 atom stereocenters. The molecule has 0 saturated heterocycles. The largest absolute Gasteiger partial charge is 0.338 e. The van der Waals surface area contributed by atoms with Crippen LogP contribution in [-0.2, 0) is 22.7 Å². The van der Waals surface area contributed by atoms with Gasteiger partial charge < -0.3 is 14.7 Å². The Balaban J connectivity index is 1.89. The Morgan fingerprint density at radius 2 is 1.74 bits per heavy atom. The maximum Gasteiger partial charge on any atom is 0.226 e. The summed E-state index contributed by atoms with van der Waals surface area (Å²) in [5, 5.41) is 4.17. The number of anilines is 1. The SMILES string of the molecule is CCC(=O)N1CCCN(C(C)C)CCCN(C(=O)CCCn2cccn2)Cc2cc(F)c(F)cc21. The molecule has 0 radical (unpaired) electrons. The van der Waals surface area contributed by atoms with E-state index < -0.39 is 11.6 Å². The molecule has 7 nitrogen and oxygen atoms in total. The summed E-state index contributed by atoms with van der Waals surface area (Å²) in [6.07, 6.45) is 6.26. The lowest BCUT2D eigenvalue weighted by atomic mass is 10.1. The van der Waals surface area contributed by atoms with E-state index >= 15 is 0 Å². The van der Waals surface area contributed by atoms with Gasteiger partial charge in [0.2, 0.25) is 11.8 Å². The number of aromatic nitrogens is 2. The second-order valence-electron chi connectivity index (χ2n) is 9.32. The Hall–Kier alpha value is -2.81. The first kappa shape index (κ1) is 26.8. The van der Waals surface area contributed by atoms with Crippen molar-refractivity contribution in [2.45, 2.75) is 72.0 Å². The van der Waals surface area contributed by atoms with Crippen LogP contribution in [0.25, 0.3) is 0 Å². The monoisotopic (exact) mass is 489 g/mol. The molecule has 0 saturated carbocycles. The fourth-order valence-electron chi connectivity index (χ4n) is 4.53. The van der Waals surface area contributed by atoms with Crippen molar-refractivity contribution < 1.29 is 18.4 Å².